The number of amides is 1. The molecule has 7 heteroatoms. The second-order valence-corrected chi connectivity index (χ2v) is 7.62. The number of nitrogens with zero attached hydrogens (tertiary/aromatic N) is 3. The monoisotopic (exact) mass is 479 g/mol. The Bertz CT molecular complexity index is 451. The lowest BCUT2D eigenvalue weighted by atomic mass is 10.1. The van der Waals surface area contributed by atoms with Gasteiger partial charge in [-0.1, -0.05) is 19.8 Å². The van der Waals surface area contributed by atoms with E-state index in [0.29, 0.717) is 18.0 Å². The molecule has 0 aromatic carbocycles. The molecular formula is C19H38IN5O. The van der Waals surface area contributed by atoms with Crippen molar-refractivity contribution in [1.82, 2.24) is 20.4 Å². The number of likely N-dealkylation sites (tertiary alicyclic amines) is 1. The summed E-state index contributed by atoms with van der Waals surface area (Å²) in [6, 6.07) is 0.871. The Kier molecular flexibility index (Phi) is 10.8. The summed E-state index contributed by atoms with van der Waals surface area (Å²) >= 11 is 0. The van der Waals surface area contributed by atoms with Crippen LogP contribution in [0.2, 0.25) is 0 Å². The van der Waals surface area contributed by atoms with E-state index >= 15 is 0 Å². The van der Waals surface area contributed by atoms with E-state index in [9.17, 15) is 4.79 Å². The van der Waals surface area contributed by atoms with Crippen molar-refractivity contribution in [3.63, 3.8) is 0 Å². The molecule has 1 aliphatic heterocycles. The minimum Gasteiger partial charge on any atom is -0.355 e. The Morgan fingerprint density at radius 3 is 2.54 bits per heavy atom. The maximum atomic E-state index is 12.5. The summed E-state index contributed by atoms with van der Waals surface area (Å²) in [7, 11) is 1.81. The Morgan fingerprint density at radius 2 is 1.96 bits per heavy atom. The van der Waals surface area contributed by atoms with Crippen LogP contribution in [0.5, 0.6) is 0 Å². The zero-order valence-corrected chi connectivity index (χ0v) is 19.3. The topological polar surface area (TPSA) is 60.0 Å². The van der Waals surface area contributed by atoms with Gasteiger partial charge in [0.1, 0.15) is 0 Å². The Balaban J connectivity index is 0.00000338. The zero-order chi connectivity index (χ0) is 18.2. The van der Waals surface area contributed by atoms with Gasteiger partial charge in [0.15, 0.2) is 5.96 Å². The molecular weight excluding hydrogens is 441 g/mol. The van der Waals surface area contributed by atoms with Crippen LogP contribution in [0.3, 0.4) is 0 Å². The normalized spacial score (nSPS) is 21.4. The number of likely N-dealkylation sites (N-methyl/N-ethyl adjacent to an activating group) is 1. The standard InChI is InChI=1S/C19H37N5O.HI/c1-5-23(15(2)3)13-11-21-19(20-4)22-17-10-12-24(14-17)18(25)16-8-6-7-9-16;/h15-17H,5-14H2,1-4H3,(H2,20,21,22);1H. The van der Waals surface area contributed by atoms with Gasteiger partial charge in [0.2, 0.25) is 5.91 Å². The van der Waals surface area contributed by atoms with Gasteiger partial charge < -0.3 is 15.5 Å². The van der Waals surface area contributed by atoms with E-state index in [0.717, 1.165) is 57.9 Å². The maximum absolute atomic E-state index is 12.5. The molecule has 1 saturated heterocycles. The molecule has 6 nitrogen and oxygen atoms in total. The fraction of sp³-hybridized carbons (Fsp3) is 0.895. The molecule has 0 aromatic heterocycles. The number of aliphatic imine (C=N–C) groups is 1. The molecule has 2 aliphatic rings. The SMILES string of the molecule is CCN(CCNC(=NC)NC1CCN(C(=O)C2CCCC2)C1)C(C)C.I. The summed E-state index contributed by atoms with van der Waals surface area (Å²) < 4.78 is 0. The van der Waals surface area contributed by atoms with Gasteiger partial charge in [-0.2, -0.15) is 0 Å². The van der Waals surface area contributed by atoms with Crippen LogP contribution in [0.15, 0.2) is 4.99 Å². The van der Waals surface area contributed by atoms with Crippen molar-refractivity contribution in [2.75, 3.05) is 39.8 Å². The quantitative estimate of drug-likeness (QED) is 0.334. The molecule has 1 atom stereocenters. The fourth-order valence-corrected chi connectivity index (χ4v) is 4.00. The van der Waals surface area contributed by atoms with Crippen LogP contribution in [-0.4, -0.2) is 73.5 Å². The van der Waals surface area contributed by atoms with Crippen LogP contribution in [-0.2, 0) is 4.79 Å². The lowest BCUT2D eigenvalue weighted by molar-refractivity contribution is -0.134. The van der Waals surface area contributed by atoms with Crippen molar-refractivity contribution in [2.24, 2.45) is 10.9 Å². The Hall–Kier alpha value is -0.570. The first-order chi connectivity index (χ1) is 12.0. The molecule has 1 aliphatic carbocycles. The number of hydrogen-bond donors (Lipinski definition) is 2. The first kappa shape index (κ1) is 23.5. The molecule has 1 amide bonds. The van der Waals surface area contributed by atoms with Crippen LogP contribution in [0.4, 0.5) is 0 Å². The number of guanidine groups is 1. The Morgan fingerprint density at radius 1 is 1.27 bits per heavy atom. The summed E-state index contributed by atoms with van der Waals surface area (Å²) in [5.41, 5.74) is 0. The highest BCUT2D eigenvalue weighted by Gasteiger charge is 2.32. The summed E-state index contributed by atoms with van der Waals surface area (Å²) in [6.45, 7) is 11.3. The van der Waals surface area contributed by atoms with Crippen molar-refractivity contribution in [2.45, 2.75) is 65.0 Å². The molecule has 2 N–H and O–H groups in total. The number of halogens is 1. The highest BCUT2D eigenvalue weighted by atomic mass is 127. The lowest BCUT2D eigenvalue weighted by Crippen LogP contribution is -2.47. The van der Waals surface area contributed by atoms with Crippen LogP contribution < -0.4 is 10.6 Å². The van der Waals surface area contributed by atoms with E-state index < -0.39 is 0 Å². The van der Waals surface area contributed by atoms with Crippen molar-refractivity contribution in [1.29, 1.82) is 0 Å². The van der Waals surface area contributed by atoms with Gasteiger partial charge in [0.25, 0.3) is 0 Å². The van der Waals surface area contributed by atoms with Gasteiger partial charge in [0.05, 0.1) is 0 Å². The van der Waals surface area contributed by atoms with Crippen LogP contribution in [0.1, 0.15) is 52.9 Å². The summed E-state index contributed by atoms with van der Waals surface area (Å²) in [4.78, 5) is 21.4. The van der Waals surface area contributed by atoms with E-state index in [1.807, 2.05) is 7.05 Å². The van der Waals surface area contributed by atoms with Crippen molar-refractivity contribution >= 4 is 35.8 Å². The smallest absolute Gasteiger partial charge is 0.225 e. The summed E-state index contributed by atoms with van der Waals surface area (Å²) in [5, 5.41) is 6.90. The molecule has 0 bridgehead atoms. The second kappa shape index (κ2) is 12.0. The van der Waals surface area contributed by atoms with Gasteiger partial charge in [0, 0.05) is 51.2 Å². The first-order valence-electron chi connectivity index (χ1n) is 10.0. The molecule has 2 rings (SSSR count). The third kappa shape index (κ3) is 6.87. The number of nitrogens with one attached hydrogen (secondary N) is 2. The molecule has 26 heavy (non-hydrogen) atoms. The van der Waals surface area contributed by atoms with Crippen LogP contribution in [0, 0.1) is 5.92 Å². The zero-order valence-electron chi connectivity index (χ0n) is 17.0. The van der Waals surface area contributed by atoms with E-state index in [1.165, 1.54) is 12.8 Å². The van der Waals surface area contributed by atoms with E-state index in [-0.39, 0.29) is 29.9 Å². The van der Waals surface area contributed by atoms with Gasteiger partial charge in [-0.05, 0) is 39.7 Å². The summed E-state index contributed by atoms with van der Waals surface area (Å²) in [5.74, 6) is 1.51. The minimum atomic E-state index is 0. The van der Waals surface area contributed by atoms with E-state index in [2.05, 4.69) is 46.2 Å². The van der Waals surface area contributed by atoms with Gasteiger partial charge in [-0.25, -0.2) is 0 Å². The van der Waals surface area contributed by atoms with Crippen molar-refractivity contribution in [3.8, 4) is 0 Å². The molecule has 0 spiro atoms. The van der Waals surface area contributed by atoms with Crippen LogP contribution >= 0.6 is 24.0 Å². The molecule has 1 saturated carbocycles. The highest BCUT2D eigenvalue weighted by Crippen LogP contribution is 2.27. The van der Waals surface area contributed by atoms with Gasteiger partial charge in [-0.3, -0.25) is 14.7 Å². The minimum absolute atomic E-state index is 0. The number of rotatable bonds is 7. The van der Waals surface area contributed by atoms with E-state index in [4.69, 9.17) is 0 Å². The fourth-order valence-electron chi connectivity index (χ4n) is 4.00. The third-order valence-electron chi connectivity index (χ3n) is 5.60. The molecule has 1 unspecified atom stereocenters. The molecule has 1 heterocycles. The lowest BCUT2D eigenvalue weighted by Gasteiger charge is -2.25. The van der Waals surface area contributed by atoms with Gasteiger partial charge in [-0.15, -0.1) is 24.0 Å². The average Bonchev–Trinajstić information content (AvgIpc) is 3.28. The molecule has 2 fully saturated rings. The van der Waals surface area contributed by atoms with Crippen molar-refractivity contribution in [3.05, 3.63) is 0 Å². The molecule has 0 radical (unpaired) electrons. The predicted molar refractivity (Wildman–Crippen MR) is 119 cm³/mol. The third-order valence-corrected chi connectivity index (χ3v) is 5.60. The first-order valence-corrected chi connectivity index (χ1v) is 10.0. The largest absolute Gasteiger partial charge is 0.355 e. The predicted octanol–water partition coefficient (Wildman–Crippen LogP) is 2.29. The van der Waals surface area contributed by atoms with Crippen molar-refractivity contribution < 1.29 is 4.79 Å². The maximum Gasteiger partial charge on any atom is 0.225 e. The summed E-state index contributed by atoms with van der Waals surface area (Å²) in [6.07, 6.45) is 5.61. The van der Waals surface area contributed by atoms with Gasteiger partial charge >= 0.3 is 0 Å². The Labute approximate surface area is 176 Å². The van der Waals surface area contributed by atoms with E-state index in [1.54, 1.807) is 0 Å². The number of carbonyl (C=O) groups excluding carboxylic acids is 1. The molecule has 0 aromatic rings. The highest BCUT2D eigenvalue weighted by molar-refractivity contribution is 14.0. The van der Waals surface area contributed by atoms with Crippen LogP contribution in [0.25, 0.3) is 0 Å². The molecule has 152 valence electrons. The number of hydrogen-bond acceptors (Lipinski definition) is 3. The average molecular weight is 479 g/mol. The number of carbonyl (C=O) groups is 1. The second-order valence-electron chi connectivity index (χ2n) is 7.62.